The maximum absolute atomic E-state index is 6.25. The molecule has 2 aliphatic rings. The Bertz CT molecular complexity index is 913. The summed E-state index contributed by atoms with van der Waals surface area (Å²) in [5.41, 5.74) is 5.29. The van der Waals surface area contributed by atoms with Gasteiger partial charge in [-0.1, -0.05) is 36.0 Å². The highest BCUT2D eigenvalue weighted by Crippen LogP contribution is 2.23. The summed E-state index contributed by atoms with van der Waals surface area (Å²) in [6, 6.07) is 15.3. The average molecular weight is 466 g/mol. The molecule has 0 spiro atoms. The molecule has 2 aromatic carbocycles. The summed E-state index contributed by atoms with van der Waals surface area (Å²) in [6.45, 7) is 14.1. The Morgan fingerprint density at radius 2 is 1.58 bits per heavy atom. The first-order chi connectivity index (χ1) is 16.0. The molecule has 0 amide bonds. The van der Waals surface area contributed by atoms with Gasteiger partial charge in [-0.25, -0.2) is 0 Å². The molecule has 0 bridgehead atoms. The molecule has 2 saturated heterocycles. The third-order valence-corrected chi connectivity index (χ3v) is 7.67. The number of nitrogens with zero attached hydrogens (tertiary/aromatic N) is 3. The molecule has 0 aromatic heterocycles. The summed E-state index contributed by atoms with van der Waals surface area (Å²) in [5, 5.41) is 0. The van der Waals surface area contributed by atoms with Gasteiger partial charge in [-0.2, -0.15) is 0 Å². The lowest BCUT2D eigenvalue weighted by Gasteiger charge is -2.36. The summed E-state index contributed by atoms with van der Waals surface area (Å²) in [4.78, 5) is 8.64. The molecule has 2 aromatic rings. The second-order valence-electron chi connectivity index (χ2n) is 9.71. The van der Waals surface area contributed by atoms with Gasteiger partial charge in [0.05, 0.1) is 4.99 Å². The van der Waals surface area contributed by atoms with E-state index >= 15 is 0 Å². The highest BCUT2D eigenvalue weighted by Gasteiger charge is 2.23. The lowest BCUT2D eigenvalue weighted by atomic mass is 10.1. The second-order valence-corrected chi connectivity index (χ2v) is 10.2. The maximum atomic E-state index is 6.25. The van der Waals surface area contributed by atoms with Crippen molar-refractivity contribution in [3.05, 3.63) is 59.2 Å². The monoisotopic (exact) mass is 465 g/mol. The molecule has 33 heavy (non-hydrogen) atoms. The lowest BCUT2D eigenvalue weighted by Crippen LogP contribution is -2.47. The van der Waals surface area contributed by atoms with Gasteiger partial charge in [0, 0.05) is 57.8 Å². The Balaban J connectivity index is 1.12. The Kier molecular flexibility index (Phi) is 8.26. The number of likely N-dealkylation sites (tertiary alicyclic amines) is 1. The predicted octanol–water partition coefficient (Wildman–Crippen LogP) is 5.38. The Morgan fingerprint density at radius 3 is 2.24 bits per heavy atom. The first kappa shape index (κ1) is 24.0. The summed E-state index contributed by atoms with van der Waals surface area (Å²) in [5.74, 6) is 1.00. The van der Waals surface area contributed by atoms with Crippen molar-refractivity contribution in [2.45, 2.75) is 52.6 Å². The second kappa shape index (κ2) is 11.3. The van der Waals surface area contributed by atoms with E-state index in [-0.39, 0.29) is 0 Å². The smallest absolute Gasteiger partial charge is 0.120 e. The van der Waals surface area contributed by atoms with E-state index in [1.807, 2.05) is 0 Å². The number of aryl methyl sites for hydroxylation is 3. The number of hydrogen-bond donors (Lipinski definition) is 0. The fraction of sp³-hybridized carbons (Fsp3) is 0.536. The van der Waals surface area contributed by atoms with Gasteiger partial charge in [0.25, 0.3) is 0 Å². The van der Waals surface area contributed by atoms with Crippen LogP contribution < -0.4 is 9.64 Å². The summed E-state index contributed by atoms with van der Waals surface area (Å²) >= 11 is 5.79. The van der Waals surface area contributed by atoms with Crippen LogP contribution in [0.5, 0.6) is 5.75 Å². The van der Waals surface area contributed by atoms with Crippen molar-refractivity contribution in [2.24, 2.45) is 0 Å². The molecule has 0 N–H and O–H groups in total. The summed E-state index contributed by atoms with van der Waals surface area (Å²) < 4.78 is 6.25. The maximum Gasteiger partial charge on any atom is 0.120 e. The van der Waals surface area contributed by atoms with Crippen LogP contribution in [0.4, 0.5) is 5.69 Å². The Labute approximate surface area is 205 Å². The molecule has 178 valence electrons. The van der Waals surface area contributed by atoms with Crippen LogP contribution in [0.1, 0.15) is 42.4 Å². The average Bonchev–Trinajstić information content (AvgIpc) is 2.83. The molecule has 5 heteroatoms. The van der Waals surface area contributed by atoms with Crippen LogP contribution in [0.3, 0.4) is 0 Å². The normalized spacial score (nSPS) is 17.9. The van der Waals surface area contributed by atoms with E-state index in [2.05, 4.69) is 77.9 Å². The van der Waals surface area contributed by atoms with Gasteiger partial charge in [-0.05, 0) is 75.5 Å². The highest BCUT2D eigenvalue weighted by molar-refractivity contribution is 7.80. The van der Waals surface area contributed by atoms with Crippen molar-refractivity contribution < 1.29 is 4.74 Å². The minimum Gasteiger partial charge on any atom is -0.490 e. The van der Waals surface area contributed by atoms with Crippen molar-refractivity contribution in [1.82, 2.24) is 9.80 Å². The van der Waals surface area contributed by atoms with E-state index < -0.39 is 0 Å². The minimum absolute atomic E-state index is 0.302. The van der Waals surface area contributed by atoms with Gasteiger partial charge in [-0.3, -0.25) is 4.90 Å². The zero-order valence-corrected chi connectivity index (χ0v) is 21.4. The largest absolute Gasteiger partial charge is 0.490 e. The number of piperidine rings is 1. The highest BCUT2D eigenvalue weighted by atomic mass is 32.1. The number of benzene rings is 2. The van der Waals surface area contributed by atoms with E-state index in [1.165, 1.54) is 22.4 Å². The topological polar surface area (TPSA) is 19.0 Å². The van der Waals surface area contributed by atoms with Gasteiger partial charge in [-0.15, -0.1) is 0 Å². The van der Waals surface area contributed by atoms with Crippen LogP contribution in [-0.2, 0) is 0 Å². The number of hydrogen-bond acceptors (Lipinski definition) is 4. The molecule has 0 aliphatic carbocycles. The van der Waals surface area contributed by atoms with Crippen LogP contribution in [0, 0.1) is 20.8 Å². The SMILES string of the molecule is Cc1ccc(N2CCN(CCCC(=S)N3CCC(Oc4ccc(C)c(C)c4)CC3)CC2)cc1. The third-order valence-electron chi connectivity index (χ3n) is 7.21. The van der Waals surface area contributed by atoms with E-state index in [9.17, 15) is 0 Å². The molecule has 0 unspecified atom stereocenters. The van der Waals surface area contributed by atoms with Crippen LogP contribution in [-0.4, -0.2) is 66.7 Å². The van der Waals surface area contributed by atoms with Crippen LogP contribution in [0.15, 0.2) is 42.5 Å². The summed E-state index contributed by atoms with van der Waals surface area (Å²) in [6.07, 6.45) is 4.58. The van der Waals surface area contributed by atoms with E-state index in [0.29, 0.717) is 6.10 Å². The van der Waals surface area contributed by atoms with Crippen molar-refractivity contribution >= 4 is 22.9 Å². The van der Waals surface area contributed by atoms with E-state index in [1.54, 1.807) is 0 Å². The van der Waals surface area contributed by atoms with Crippen molar-refractivity contribution in [3.63, 3.8) is 0 Å². The van der Waals surface area contributed by atoms with Gasteiger partial charge in [0.1, 0.15) is 11.9 Å². The molecule has 0 atom stereocenters. The molecule has 2 fully saturated rings. The van der Waals surface area contributed by atoms with E-state index in [4.69, 9.17) is 17.0 Å². The third kappa shape index (κ3) is 6.70. The number of rotatable bonds is 7. The van der Waals surface area contributed by atoms with E-state index in [0.717, 1.165) is 82.2 Å². The lowest BCUT2D eigenvalue weighted by molar-refractivity contribution is 0.131. The molecule has 2 heterocycles. The van der Waals surface area contributed by atoms with Gasteiger partial charge in [0.2, 0.25) is 0 Å². The fourth-order valence-electron chi connectivity index (χ4n) is 4.80. The molecule has 4 nitrogen and oxygen atoms in total. The first-order valence-corrected chi connectivity index (χ1v) is 12.9. The van der Waals surface area contributed by atoms with Gasteiger partial charge >= 0.3 is 0 Å². The number of anilines is 1. The minimum atomic E-state index is 0.302. The van der Waals surface area contributed by atoms with Crippen LogP contribution in [0.25, 0.3) is 0 Å². The predicted molar refractivity (Wildman–Crippen MR) is 143 cm³/mol. The standard InChI is InChI=1S/C28H39N3OS/c1-22-6-9-25(10-7-22)30-19-17-29(18-20-30)14-4-5-28(33)31-15-12-26(13-16-31)32-27-11-8-23(2)24(3)21-27/h6-11,21,26H,4-5,12-20H2,1-3H3. The molecular formula is C28H39N3OS. The van der Waals surface area contributed by atoms with Gasteiger partial charge < -0.3 is 14.5 Å². The van der Waals surface area contributed by atoms with Crippen molar-refractivity contribution in [2.75, 3.05) is 50.7 Å². The van der Waals surface area contributed by atoms with Crippen molar-refractivity contribution in [3.8, 4) is 5.75 Å². The zero-order valence-electron chi connectivity index (χ0n) is 20.6. The zero-order chi connectivity index (χ0) is 23.2. The molecular weight excluding hydrogens is 426 g/mol. The van der Waals surface area contributed by atoms with Crippen molar-refractivity contribution in [1.29, 1.82) is 0 Å². The van der Waals surface area contributed by atoms with Gasteiger partial charge in [0.15, 0.2) is 0 Å². The molecule has 0 saturated carbocycles. The van der Waals surface area contributed by atoms with Crippen LogP contribution >= 0.6 is 12.2 Å². The molecule has 4 rings (SSSR count). The number of thiocarbonyl (C=S) groups is 1. The summed E-state index contributed by atoms with van der Waals surface area (Å²) in [7, 11) is 0. The first-order valence-electron chi connectivity index (χ1n) is 12.5. The molecule has 0 radical (unpaired) electrons. The fourth-order valence-corrected chi connectivity index (χ4v) is 5.13. The number of ether oxygens (including phenoxy) is 1. The van der Waals surface area contributed by atoms with Crippen LogP contribution in [0.2, 0.25) is 0 Å². The Morgan fingerprint density at radius 1 is 0.879 bits per heavy atom. The molecule has 2 aliphatic heterocycles. The Hall–Kier alpha value is -2.11. The number of piperazine rings is 1. The quantitative estimate of drug-likeness (QED) is 0.509.